The molecule has 4 nitrogen and oxygen atoms in total. The summed E-state index contributed by atoms with van der Waals surface area (Å²) in [6, 6.07) is 3.97. The molecule has 0 radical (unpaired) electrons. The molecule has 0 spiro atoms. The molecule has 0 unspecified atom stereocenters. The number of ether oxygens (including phenoxy) is 1. The van der Waals surface area contributed by atoms with E-state index in [1.54, 1.807) is 0 Å². The van der Waals surface area contributed by atoms with Crippen LogP contribution < -0.4 is 15.4 Å². The van der Waals surface area contributed by atoms with Gasteiger partial charge in [-0.25, -0.2) is 9.18 Å². The van der Waals surface area contributed by atoms with Crippen LogP contribution >= 0.6 is 0 Å². The van der Waals surface area contributed by atoms with Gasteiger partial charge in [-0.3, -0.25) is 0 Å². The van der Waals surface area contributed by atoms with Crippen LogP contribution in [0.4, 0.5) is 9.18 Å². The highest BCUT2D eigenvalue weighted by Crippen LogP contribution is 2.18. The van der Waals surface area contributed by atoms with Gasteiger partial charge < -0.3 is 15.4 Å². The van der Waals surface area contributed by atoms with E-state index in [4.69, 9.17) is 4.74 Å². The summed E-state index contributed by atoms with van der Waals surface area (Å²) in [7, 11) is 1.50. The lowest BCUT2D eigenvalue weighted by Crippen LogP contribution is -2.39. The van der Waals surface area contributed by atoms with E-state index in [9.17, 15) is 9.18 Å². The molecular formula is C12H17FN2O2. The molecule has 0 bridgehead atoms. The number of halogens is 1. The number of amides is 2. The molecule has 0 aliphatic heterocycles. The van der Waals surface area contributed by atoms with Crippen LogP contribution in [0.3, 0.4) is 0 Å². The van der Waals surface area contributed by atoms with E-state index in [2.05, 4.69) is 10.6 Å². The first-order chi connectivity index (χ1) is 8.02. The summed E-state index contributed by atoms with van der Waals surface area (Å²) < 4.78 is 18.1. The summed E-state index contributed by atoms with van der Waals surface area (Å²) in [5.74, 6) is 0.197. The maximum atomic E-state index is 13.0. The van der Waals surface area contributed by atoms with Crippen LogP contribution in [0.2, 0.25) is 0 Å². The maximum Gasteiger partial charge on any atom is 0.315 e. The van der Waals surface area contributed by atoms with Gasteiger partial charge in [0.25, 0.3) is 0 Å². The summed E-state index contributed by atoms with van der Waals surface area (Å²) >= 11 is 0. The van der Waals surface area contributed by atoms with Crippen molar-refractivity contribution in [2.45, 2.75) is 26.4 Å². The third-order valence-electron chi connectivity index (χ3n) is 2.10. The molecule has 0 fully saturated rings. The third kappa shape index (κ3) is 4.30. The second-order valence-corrected chi connectivity index (χ2v) is 3.94. The van der Waals surface area contributed by atoms with Gasteiger partial charge >= 0.3 is 6.03 Å². The molecule has 2 amide bonds. The second-order valence-electron chi connectivity index (χ2n) is 3.94. The number of methoxy groups -OCH3 is 1. The highest BCUT2D eigenvalue weighted by molar-refractivity contribution is 5.74. The standard InChI is InChI=1S/C12H17FN2O2/c1-8(2)15-12(16)14-7-9-6-10(13)4-5-11(9)17-3/h4-6,8H,7H2,1-3H3,(H2,14,15,16). The minimum absolute atomic E-state index is 0.0596. The minimum Gasteiger partial charge on any atom is -0.496 e. The van der Waals surface area contributed by atoms with E-state index < -0.39 is 0 Å². The van der Waals surface area contributed by atoms with Crippen molar-refractivity contribution in [2.24, 2.45) is 0 Å². The molecule has 0 heterocycles. The Labute approximate surface area is 100 Å². The monoisotopic (exact) mass is 240 g/mol. The van der Waals surface area contributed by atoms with E-state index in [1.165, 1.54) is 25.3 Å². The van der Waals surface area contributed by atoms with Crippen molar-refractivity contribution in [2.75, 3.05) is 7.11 Å². The molecule has 2 N–H and O–H groups in total. The highest BCUT2D eigenvalue weighted by atomic mass is 19.1. The summed E-state index contributed by atoms with van der Waals surface area (Å²) in [5, 5.41) is 5.32. The number of nitrogens with one attached hydrogen (secondary N) is 2. The first-order valence-corrected chi connectivity index (χ1v) is 5.39. The van der Waals surface area contributed by atoms with Crippen LogP contribution in [0.5, 0.6) is 5.75 Å². The van der Waals surface area contributed by atoms with Crippen LogP contribution in [-0.2, 0) is 6.54 Å². The number of benzene rings is 1. The maximum absolute atomic E-state index is 13.0. The predicted molar refractivity (Wildman–Crippen MR) is 63.5 cm³/mol. The van der Waals surface area contributed by atoms with Crippen LogP contribution in [0.25, 0.3) is 0 Å². The van der Waals surface area contributed by atoms with Gasteiger partial charge in [-0.2, -0.15) is 0 Å². The molecule has 0 aliphatic carbocycles. The molecule has 0 aromatic heterocycles. The lowest BCUT2D eigenvalue weighted by Gasteiger charge is -2.12. The van der Waals surface area contributed by atoms with E-state index in [0.717, 1.165) is 0 Å². The van der Waals surface area contributed by atoms with Crippen LogP contribution in [-0.4, -0.2) is 19.2 Å². The van der Waals surface area contributed by atoms with Gasteiger partial charge in [-0.15, -0.1) is 0 Å². The molecule has 1 rings (SSSR count). The number of hydrogen-bond acceptors (Lipinski definition) is 2. The molecule has 0 saturated heterocycles. The van der Waals surface area contributed by atoms with E-state index in [0.29, 0.717) is 11.3 Å². The Kier molecular flexibility index (Phi) is 4.75. The van der Waals surface area contributed by atoms with Crippen LogP contribution in [0, 0.1) is 5.82 Å². The summed E-state index contributed by atoms with van der Waals surface area (Å²) in [6.45, 7) is 3.95. The largest absolute Gasteiger partial charge is 0.496 e. The Hall–Kier alpha value is -1.78. The van der Waals surface area contributed by atoms with Gasteiger partial charge in [0, 0.05) is 18.2 Å². The minimum atomic E-state index is -0.355. The first kappa shape index (κ1) is 13.3. The van der Waals surface area contributed by atoms with Gasteiger partial charge in [0.2, 0.25) is 0 Å². The van der Waals surface area contributed by atoms with Crippen molar-refractivity contribution in [1.29, 1.82) is 0 Å². The Morgan fingerprint density at radius 3 is 2.76 bits per heavy atom. The van der Waals surface area contributed by atoms with Gasteiger partial charge in [0.1, 0.15) is 11.6 Å². The number of hydrogen-bond donors (Lipinski definition) is 2. The van der Waals surface area contributed by atoms with Crippen molar-refractivity contribution in [3.63, 3.8) is 0 Å². The lowest BCUT2D eigenvalue weighted by molar-refractivity contribution is 0.238. The lowest BCUT2D eigenvalue weighted by atomic mass is 10.2. The first-order valence-electron chi connectivity index (χ1n) is 5.39. The molecule has 0 atom stereocenters. The topological polar surface area (TPSA) is 50.4 Å². The van der Waals surface area contributed by atoms with E-state index >= 15 is 0 Å². The summed E-state index contributed by atoms with van der Waals surface area (Å²) in [6.07, 6.45) is 0. The van der Waals surface area contributed by atoms with Crippen molar-refractivity contribution in [1.82, 2.24) is 10.6 Å². The fourth-order valence-electron chi connectivity index (χ4n) is 1.37. The fourth-order valence-corrected chi connectivity index (χ4v) is 1.37. The van der Waals surface area contributed by atoms with Crippen molar-refractivity contribution in [3.8, 4) is 5.75 Å². The van der Waals surface area contributed by atoms with Crippen molar-refractivity contribution < 1.29 is 13.9 Å². The van der Waals surface area contributed by atoms with Gasteiger partial charge in [-0.1, -0.05) is 0 Å². The molecule has 0 saturated carbocycles. The zero-order valence-corrected chi connectivity index (χ0v) is 10.2. The summed E-state index contributed by atoms with van der Waals surface area (Å²) in [5.41, 5.74) is 0.603. The van der Waals surface area contributed by atoms with E-state index in [-0.39, 0.29) is 24.4 Å². The Morgan fingerprint density at radius 1 is 1.47 bits per heavy atom. The zero-order chi connectivity index (χ0) is 12.8. The van der Waals surface area contributed by atoms with E-state index in [1.807, 2.05) is 13.8 Å². The van der Waals surface area contributed by atoms with Gasteiger partial charge in [0.05, 0.1) is 7.11 Å². The number of carbonyl (C=O) groups excluding carboxylic acids is 1. The van der Waals surface area contributed by atoms with Crippen LogP contribution in [0.1, 0.15) is 19.4 Å². The summed E-state index contributed by atoms with van der Waals surface area (Å²) in [4.78, 5) is 11.4. The average molecular weight is 240 g/mol. The average Bonchev–Trinajstić information content (AvgIpc) is 2.25. The quantitative estimate of drug-likeness (QED) is 0.846. The molecule has 1 aromatic rings. The molecule has 1 aromatic carbocycles. The SMILES string of the molecule is COc1ccc(F)cc1CNC(=O)NC(C)C. The van der Waals surface area contributed by atoms with Gasteiger partial charge in [-0.05, 0) is 32.0 Å². The zero-order valence-electron chi connectivity index (χ0n) is 10.2. The predicted octanol–water partition coefficient (Wildman–Crippen LogP) is 2.04. The van der Waals surface area contributed by atoms with Crippen molar-refractivity contribution in [3.05, 3.63) is 29.6 Å². The smallest absolute Gasteiger partial charge is 0.315 e. The highest BCUT2D eigenvalue weighted by Gasteiger charge is 2.07. The fraction of sp³-hybridized carbons (Fsp3) is 0.417. The van der Waals surface area contributed by atoms with Gasteiger partial charge in [0.15, 0.2) is 0 Å². The number of rotatable bonds is 4. The third-order valence-corrected chi connectivity index (χ3v) is 2.10. The molecule has 17 heavy (non-hydrogen) atoms. The van der Waals surface area contributed by atoms with Crippen LogP contribution in [0.15, 0.2) is 18.2 Å². The number of urea groups is 1. The molecule has 94 valence electrons. The number of carbonyl (C=O) groups is 1. The molecule has 5 heteroatoms. The Morgan fingerprint density at radius 2 is 2.18 bits per heavy atom. The normalized spacial score (nSPS) is 10.2. The Bertz CT molecular complexity index is 394. The second kappa shape index (κ2) is 6.08. The Balaban J connectivity index is 2.62. The molecule has 0 aliphatic rings. The van der Waals surface area contributed by atoms with Crippen molar-refractivity contribution >= 4 is 6.03 Å². The molecular weight excluding hydrogens is 223 g/mol.